The highest BCUT2D eigenvalue weighted by atomic mass is 19.4. The molecule has 0 aliphatic heterocycles. The summed E-state index contributed by atoms with van der Waals surface area (Å²) in [5, 5.41) is 0. The zero-order valence-electron chi connectivity index (χ0n) is 39.4. The van der Waals surface area contributed by atoms with Gasteiger partial charge in [0.15, 0.2) is 0 Å². The van der Waals surface area contributed by atoms with Crippen molar-refractivity contribution in [2.24, 2.45) is 0 Å². The van der Waals surface area contributed by atoms with Crippen LogP contribution in [0.15, 0.2) is 50.6 Å². The fraction of sp³-hybridized carbons (Fsp3) is 0.789. The Bertz CT molecular complexity index is 2070. The highest BCUT2D eigenvalue weighted by Gasteiger charge is 3.21. The lowest BCUT2D eigenvalue weighted by Gasteiger charge is -2.71. The van der Waals surface area contributed by atoms with E-state index in [1.807, 2.05) is 0 Å². The van der Waals surface area contributed by atoms with Crippen LogP contribution in [0.2, 0.25) is 0 Å². The largest absolute Gasteiger partial charge is 0.426 e. The minimum Gasteiger partial charge on any atom is -0.371 e. The molecule has 0 N–H and O–H groups in total. The van der Waals surface area contributed by atoms with E-state index in [-0.39, 0.29) is 24.3 Å². The van der Waals surface area contributed by atoms with E-state index in [4.69, 9.17) is 0 Å². The molecule has 0 aromatic carbocycles. The van der Waals surface area contributed by atoms with Crippen LogP contribution in [-0.4, -0.2) is 183 Å². The highest BCUT2D eigenvalue weighted by Crippen LogP contribution is 2.87. The molecule has 4 unspecified atom stereocenters. The maximum atomic E-state index is 18.4. The van der Waals surface area contributed by atoms with Crippen LogP contribution in [-0.2, 0) is 37.9 Å². The molecule has 84 heavy (non-hydrogen) atoms. The van der Waals surface area contributed by atoms with Crippen molar-refractivity contribution in [3.05, 3.63) is 50.6 Å². The summed E-state index contributed by atoms with van der Waals surface area (Å²) in [6.45, 7) is -11.7. The summed E-state index contributed by atoms with van der Waals surface area (Å²) in [5.41, 5.74) is -69.9. The van der Waals surface area contributed by atoms with Crippen LogP contribution >= 0.6 is 0 Å². The average Bonchev–Trinajstić information content (AvgIpc) is 0.602. The first-order chi connectivity index (χ1) is 36.8. The molecule has 0 bridgehead atoms. The third kappa shape index (κ3) is 10.00. The highest BCUT2D eigenvalue weighted by molar-refractivity contribution is 5.52. The van der Waals surface area contributed by atoms with E-state index in [0.29, 0.717) is 0 Å². The van der Waals surface area contributed by atoms with Crippen molar-refractivity contribution in [2.75, 3.05) is 52.9 Å². The van der Waals surface area contributed by atoms with E-state index < -0.39 is 183 Å². The summed E-state index contributed by atoms with van der Waals surface area (Å²) in [4.78, 5) is 0. The SMILES string of the molecule is C=CCOCC(F)(F)C(F)(F)OC(F)(F)C1(F)C(F)(F)C(F)(F)C(F)(C(F)(F)OC(F)(F)C(F)(F)COCC=C)C2(F)C(F)(C(F)(F)OC(F)(F)C(F)(F)COCC=C)C(F)(F)C(F)(F)C(F)(C(F)(F)OC(F)(F)C(F)(F)COCC=C)C12F. The van der Waals surface area contributed by atoms with Gasteiger partial charge in [-0.3, -0.25) is 0 Å². The molecule has 0 saturated heterocycles. The predicted octanol–water partition coefficient (Wildman–Crippen LogP) is 14.0. The smallest absolute Gasteiger partial charge is 0.371 e. The van der Waals surface area contributed by atoms with Gasteiger partial charge in [0, 0.05) is 0 Å². The lowest BCUT2D eigenvalue weighted by Crippen LogP contribution is -3.07. The van der Waals surface area contributed by atoms with E-state index in [2.05, 4.69) is 45.3 Å². The maximum absolute atomic E-state index is 18.4. The molecule has 2 saturated carbocycles. The van der Waals surface area contributed by atoms with Crippen molar-refractivity contribution < 1.29 is 205 Å². The molecule has 8 nitrogen and oxygen atoms in total. The van der Waals surface area contributed by atoms with E-state index in [0.717, 1.165) is 0 Å². The molecule has 0 heterocycles. The Kier molecular flexibility index (Phi) is 19.9. The Labute approximate surface area is 439 Å². The first kappa shape index (κ1) is 76.1. The molecule has 494 valence electrons. The Hall–Kier alpha value is -4.02. The molecule has 0 aromatic heterocycles. The van der Waals surface area contributed by atoms with Gasteiger partial charge in [-0.05, 0) is 0 Å². The lowest BCUT2D eigenvalue weighted by molar-refractivity contribution is -0.614. The van der Waals surface area contributed by atoms with Gasteiger partial charge in [0.2, 0.25) is 11.3 Å². The summed E-state index contributed by atoms with van der Waals surface area (Å²) in [6, 6.07) is 0. The molecular formula is C38H28F38O8. The molecule has 0 amide bonds. The molecular weight excluding hydrogens is 1310 g/mol. The predicted molar refractivity (Wildman–Crippen MR) is 191 cm³/mol. The Morgan fingerprint density at radius 3 is 0.500 bits per heavy atom. The Balaban J connectivity index is 4.00. The monoisotopic (exact) mass is 1330 g/mol. The summed E-state index contributed by atoms with van der Waals surface area (Å²) in [5.74, 6) is -73.7. The van der Waals surface area contributed by atoms with E-state index in [9.17, 15) is 70.2 Å². The first-order valence-electron chi connectivity index (χ1n) is 20.6. The molecule has 2 fully saturated rings. The quantitative estimate of drug-likeness (QED) is 0.0375. The van der Waals surface area contributed by atoms with Crippen LogP contribution in [0.1, 0.15) is 0 Å². The number of rotatable bonds is 32. The van der Waals surface area contributed by atoms with Crippen LogP contribution in [0.4, 0.5) is 167 Å². The fourth-order valence-electron chi connectivity index (χ4n) is 7.33. The fourth-order valence-corrected chi connectivity index (χ4v) is 7.33. The van der Waals surface area contributed by atoms with Gasteiger partial charge >= 0.3 is 119 Å². The maximum Gasteiger partial charge on any atom is 0.426 e. The van der Waals surface area contributed by atoms with Gasteiger partial charge in [0.05, 0.1) is 26.4 Å². The van der Waals surface area contributed by atoms with Crippen LogP contribution in [0.5, 0.6) is 0 Å². The third-order valence-corrected chi connectivity index (χ3v) is 11.3. The second-order valence-electron chi connectivity index (χ2n) is 16.8. The van der Waals surface area contributed by atoms with Crippen molar-refractivity contribution >= 4 is 0 Å². The van der Waals surface area contributed by atoms with Crippen molar-refractivity contribution in [2.45, 2.75) is 130 Å². The van der Waals surface area contributed by atoms with Gasteiger partial charge in [-0.2, -0.15) is 140 Å². The van der Waals surface area contributed by atoms with Crippen molar-refractivity contribution in [3.63, 3.8) is 0 Å². The number of hydrogen-bond acceptors (Lipinski definition) is 8. The van der Waals surface area contributed by atoms with Gasteiger partial charge in [-0.15, -0.1) is 26.3 Å². The number of alkyl halides is 38. The van der Waals surface area contributed by atoms with Crippen LogP contribution in [0, 0.1) is 0 Å². The zero-order chi connectivity index (χ0) is 67.1. The molecule has 2 aliphatic carbocycles. The molecule has 46 heteroatoms. The minimum atomic E-state index is -12.0. The molecule has 0 spiro atoms. The second-order valence-corrected chi connectivity index (χ2v) is 16.8. The van der Waals surface area contributed by atoms with Crippen molar-refractivity contribution in [1.82, 2.24) is 0 Å². The first-order valence-corrected chi connectivity index (χ1v) is 20.6. The summed E-state index contributed by atoms with van der Waals surface area (Å²) in [7, 11) is 0. The third-order valence-electron chi connectivity index (χ3n) is 11.3. The summed E-state index contributed by atoms with van der Waals surface area (Å²) in [6.07, 6.45) is -76.2. The lowest BCUT2D eigenvalue weighted by atomic mass is 9.41. The number of halogens is 38. The summed E-state index contributed by atoms with van der Waals surface area (Å²) < 4.78 is 623. The molecule has 2 aliphatic rings. The minimum absolute atomic E-state index is 0.0568. The van der Waals surface area contributed by atoms with E-state index >= 15 is 96.6 Å². The average molecular weight is 1330 g/mol. The van der Waals surface area contributed by atoms with Gasteiger partial charge in [-0.1, -0.05) is 24.3 Å². The normalized spacial score (nSPS) is 29.3. The zero-order valence-corrected chi connectivity index (χ0v) is 39.4. The van der Waals surface area contributed by atoms with E-state index in [1.165, 1.54) is 18.9 Å². The van der Waals surface area contributed by atoms with Crippen LogP contribution < -0.4 is 0 Å². The van der Waals surface area contributed by atoms with Crippen molar-refractivity contribution in [1.29, 1.82) is 0 Å². The number of hydrogen-bond donors (Lipinski definition) is 0. The van der Waals surface area contributed by atoms with Gasteiger partial charge < -0.3 is 18.9 Å². The van der Waals surface area contributed by atoms with Crippen LogP contribution in [0.25, 0.3) is 0 Å². The van der Waals surface area contributed by atoms with Gasteiger partial charge in [0.25, 0.3) is 0 Å². The Morgan fingerprint density at radius 2 is 0.381 bits per heavy atom. The topological polar surface area (TPSA) is 73.8 Å². The number of ether oxygens (including phenoxy) is 8. The summed E-state index contributed by atoms with van der Waals surface area (Å²) >= 11 is 0. The van der Waals surface area contributed by atoms with Gasteiger partial charge in [0.1, 0.15) is 26.4 Å². The van der Waals surface area contributed by atoms with Crippen LogP contribution in [0.3, 0.4) is 0 Å². The molecule has 0 aromatic rings. The van der Waals surface area contributed by atoms with Crippen molar-refractivity contribution in [3.8, 4) is 0 Å². The molecule has 4 atom stereocenters. The van der Waals surface area contributed by atoms with Gasteiger partial charge in [-0.25, -0.2) is 45.3 Å². The molecule has 2 rings (SSSR count). The number of fused-ring (bicyclic) bond motifs is 1. The molecule has 0 radical (unpaired) electrons. The standard InChI is InChI=1S/C38H28F38O8/c1-5-9-77-13-17(39,40)31(61,62)81-35(69,70)23(49)21(47)22(48,25(51,28(55,56)27(23,53)54)37(73,74)83-33(65,66)19(43,44)15-79-11-7-3)26(52,38(75,76)84-34(67,68)20(45,46)16-80-12-8-4)30(59,60)29(57,58)24(21,50)36(71,72)82-32(63,64)18(41,42)14-78-10-6-2/h5-8H,1-4,9-16H2. The second kappa shape index (κ2) is 21.9. The Morgan fingerprint density at radius 1 is 0.250 bits per heavy atom. The van der Waals surface area contributed by atoms with E-state index in [1.54, 1.807) is 0 Å².